The molecule has 4 aromatic rings. The zero-order valence-electron chi connectivity index (χ0n) is 17.3. The number of thioether (sulfide) groups is 1. The number of fused-ring (bicyclic) bond motifs is 1. The predicted octanol–water partition coefficient (Wildman–Crippen LogP) is 5.75. The molecular weight excluding hydrogens is 466 g/mol. The molecule has 164 valence electrons. The molecule has 0 radical (unpaired) electrons. The second kappa shape index (κ2) is 9.23. The van der Waals surface area contributed by atoms with Gasteiger partial charge in [0.1, 0.15) is 16.7 Å². The first kappa shape index (κ1) is 21.5. The van der Waals surface area contributed by atoms with Gasteiger partial charge < -0.3 is 14.1 Å². The Balaban J connectivity index is 1.41. The maximum absolute atomic E-state index is 13.6. The first-order chi connectivity index (χ1) is 15.6. The number of hydrogen-bond acceptors (Lipinski definition) is 7. The number of morpholine rings is 1. The molecule has 0 N–H and O–H groups in total. The highest BCUT2D eigenvalue weighted by atomic mass is 35.5. The number of rotatable bonds is 5. The molecule has 0 aliphatic carbocycles. The van der Waals surface area contributed by atoms with Crippen molar-refractivity contribution in [1.82, 2.24) is 15.1 Å². The third kappa shape index (κ3) is 4.41. The maximum atomic E-state index is 13.6. The molecular formula is C23H20ClN3O3S2. The van der Waals surface area contributed by atoms with Crippen molar-refractivity contribution in [2.45, 2.75) is 23.1 Å². The molecule has 2 aromatic heterocycles. The number of furan rings is 1. The molecule has 0 spiro atoms. The van der Waals surface area contributed by atoms with Gasteiger partial charge in [-0.05, 0) is 30.7 Å². The van der Waals surface area contributed by atoms with Gasteiger partial charge in [-0.25, -0.2) is 0 Å². The molecule has 1 saturated heterocycles. The number of benzene rings is 2. The van der Waals surface area contributed by atoms with E-state index in [1.165, 1.54) is 0 Å². The first-order valence-corrected chi connectivity index (χ1v) is 12.4. The van der Waals surface area contributed by atoms with Gasteiger partial charge in [-0.3, -0.25) is 4.79 Å². The quantitative estimate of drug-likeness (QED) is 0.335. The molecule has 5 rings (SSSR count). The number of carbonyl (C=O) groups excluding carboxylic acids is 1. The normalized spacial score (nSPS) is 16.6. The third-order valence-corrected chi connectivity index (χ3v) is 7.59. The van der Waals surface area contributed by atoms with E-state index < -0.39 is 0 Å². The molecule has 0 saturated carbocycles. The number of halogens is 1. The van der Waals surface area contributed by atoms with Gasteiger partial charge in [-0.2, -0.15) is 0 Å². The summed E-state index contributed by atoms with van der Waals surface area (Å²) in [4.78, 5) is 15.4. The van der Waals surface area contributed by atoms with Crippen molar-refractivity contribution in [2.24, 2.45) is 0 Å². The topological polar surface area (TPSA) is 68.5 Å². The van der Waals surface area contributed by atoms with Crippen LogP contribution in [0.4, 0.5) is 0 Å². The van der Waals surface area contributed by atoms with Crippen LogP contribution < -0.4 is 0 Å². The minimum Gasteiger partial charge on any atom is -0.451 e. The molecule has 32 heavy (non-hydrogen) atoms. The van der Waals surface area contributed by atoms with Crippen molar-refractivity contribution in [3.05, 3.63) is 75.4 Å². The molecule has 9 heteroatoms. The van der Waals surface area contributed by atoms with Gasteiger partial charge in [-0.15, -0.1) is 10.2 Å². The fourth-order valence-electron chi connectivity index (χ4n) is 3.74. The van der Waals surface area contributed by atoms with Crippen LogP contribution in [-0.4, -0.2) is 40.7 Å². The number of ether oxygens (including phenoxy) is 1. The predicted molar refractivity (Wildman–Crippen MR) is 126 cm³/mol. The van der Waals surface area contributed by atoms with Crippen LogP contribution in [0, 0.1) is 6.92 Å². The van der Waals surface area contributed by atoms with Gasteiger partial charge in [0.15, 0.2) is 10.1 Å². The van der Waals surface area contributed by atoms with Gasteiger partial charge in [0.25, 0.3) is 5.91 Å². The fourth-order valence-corrected chi connectivity index (χ4v) is 5.71. The number of para-hydroxylation sites is 1. The summed E-state index contributed by atoms with van der Waals surface area (Å²) < 4.78 is 12.9. The number of nitrogens with zero attached hydrogens (tertiary/aromatic N) is 3. The van der Waals surface area contributed by atoms with Crippen LogP contribution in [0.25, 0.3) is 11.0 Å². The van der Waals surface area contributed by atoms with Crippen LogP contribution in [0.2, 0.25) is 5.02 Å². The summed E-state index contributed by atoms with van der Waals surface area (Å²) in [5.41, 5.74) is 2.60. The molecule has 1 amide bonds. The number of hydrogen-bond donors (Lipinski definition) is 0. The van der Waals surface area contributed by atoms with E-state index in [1.807, 2.05) is 60.4 Å². The molecule has 1 atom stereocenters. The lowest BCUT2D eigenvalue weighted by atomic mass is 10.1. The molecule has 1 unspecified atom stereocenters. The molecule has 1 fully saturated rings. The Bertz CT molecular complexity index is 1260. The lowest BCUT2D eigenvalue weighted by Crippen LogP contribution is -2.42. The fraction of sp³-hybridized carbons (Fsp3) is 0.261. The van der Waals surface area contributed by atoms with Crippen LogP contribution in [0.1, 0.15) is 32.8 Å². The number of aromatic nitrogens is 2. The van der Waals surface area contributed by atoms with E-state index in [0.717, 1.165) is 25.9 Å². The summed E-state index contributed by atoms with van der Waals surface area (Å²) in [6, 6.07) is 15.3. The second-order valence-electron chi connectivity index (χ2n) is 7.44. The Kier molecular flexibility index (Phi) is 6.19. The minimum absolute atomic E-state index is 0.118. The summed E-state index contributed by atoms with van der Waals surface area (Å²) in [7, 11) is 0. The smallest absolute Gasteiger partial charge is 0.290 e. The SMILES string of the molecule is Cc1nnc(SCc2c(C(=O)N3CCOC(c4ccc(Cl)cc4)C3)oc3ccccc23)s1. The van der Waals surface area contributed by atoms with Gasteiger partial charge >= 0.3 is 0 Å². The Morgan fingerprint density at radius 1 is 1.22 bits per heavy atom. The van der Waals surface area contributed by atoms with Crippen LogP contribution >= 0.6 is 34.7 Å². The minimum atomic E-state index is -0.198. The summed E-state index contributed by atoms with van der Waals surface area (Å²) in [5.74, 6) is 0.849. The standard InChI is InChI=1S/C23H20ClN3O3S2/c1-14-25-26-23(32-14)31-13-18-17-4-2-3-5-19(17)30-21(18)22(28)27-10-11-29-20(12-27)15-6-8-16(24)9-7-15/h2-9,20H,10-13H2,1H3. The molecule has 0 bridgehead atoms. The van der Waals surface area contributed by atoms with E-state index in [4.69, 9.17) is 20.8 Å². The highest BCUT2D eigenvalue weighted by molar-refractivity contribution is 8.00. The van der Waals surface area contributed by atoms with Crippen molar-refractivity contribution >= 4 is 51.6 Å². The summed E-state index contributed by atoms with van der Waals surface area (Å²) in [6.07, 6.45) is -0.198. The third-order valence-electron chi connectivity index (χ3n) is 5.34. The lowest BCUT2D eigenvalue weighted by molar-refractivity contribution is -0.0237. The lowest BCUT2D eigenvalue weighted by Gasteiger charge is -2.33. The zero-order chi connectivity index (χ0) is 22.1. The molecule has 1 aliphatic rings. The van der Waals surface area contributed by atoms with Gasteiger partial charge in [0.2, 0.25) is 0 Å². The van der Waals surface area contributed by atoms with Crippen molar-refractivity contribution in [3.63, 3.8) is 0 Å². The Labute approximate surface area is 198 Å². The van der Waals surface area contributed by atoms with Crippen LogP contribution in [0.3, 0.4) is 0 Å². The van der Waals surface area contributed by atoms with Gasteiger partial charge in [0, 0.05) is 28.3 Å². The van der Waals surface area contributed by atoms with E-state index in [-0.39, 0.29) is 12.0 Å². The molecule has 2 aromatic carbocycles. The number of amides is 1. The Morgan fingerprint density at radius 2 is 2.03 bits per heavy atom. The summed E-state index contributed by atoms with van der Waals surface area (Å²) >= 11 is 9.13. The van der Waals surface area contributed by atoms with Crippen molar-refractivity contribution in [2.75, 3.05) is 19.7 Å². The van der Waals surface area contributed by atoms with E-state index >= 15 is 0 Å². The number of carbonyl (C=O) groups is 1. The van der Waals surface area contributed by atoms with E-state index in [9.17, 15) is 4.79 Å². The monoisotopic (exact) mass is 485 g/mol. The van der Waals surface area contributed by atoms with Crippen LogP contribution in [0.15, 0.2) is 57.3 Å². The summed E-state index contributed by atoms with van der Waals surface area (Å²) in [6.45, 7) is 3.37. The molecule has 6 nitrogen and oxygen atoms in total. The maximum Gasteiger partial charge on any atom is 0.290 e. The molecule has 3 heterocycles. The van der Waals surface area contributed by atoms with E-state index in [2.05, 4.69) is 10.2 Å². The Morgan fingerprint density at radius 3 is 2.81 bits per heavy atom. The van der Waals surface area contributed by atoms with Crippen molar-refractivity contribution in [3.8, 4) is 0 Å². The first-order valence-electron chi connectivity index (χ1n) is 10.2. The van der Waals surface area contributed by atoms with Gasteiger partial charge in [-0.1, -0.05) is 65.0 Å². The molecule has 1 aliphatic heterocycles. The Hall–Kier alpha value is -2.39. The van der Waals surface area contributed by atoms with Crippen LogP contribution in [-0.2, 0) is 10.5 Å². The second-order valence-corrected chi connectivity index (χ2v) is 10.3. The summed E-state index contributed by atoms with van der Waals surface area (Å²) in [5, 5.41) is 10.8. The van der Waals surface area contributed by atoms with Crippen LogP contribution in [0.5, 0.6) is 0 Å². The largest absolute Gasteiger partial charge is 0.451 e. The highest BCUT2D eigenvalue weighted by Gasteiger charge is 2.30. The average molecular weight is 486 g/mol. The van der Waals surface area contributed by atoms with E-state index in [0.29, 0.717) is 41.8 Å². The van der Waals surface area contributed by atoms with E-state index in [1.54, 1.807) is 23.1 Å². The zero-order valence-corrected chi connectivity index (χ0v) is 19.7. The average Bonchev–Trinajstić information content (AvgIpc) is 3.40. The number of aryl methyl sites for hydroxylation is 1. The van der Waals surface area contributed by atoms with Crippen molar-refractivity contribution in [1.29, 1.82) is 0 Å². The highest BCUT2D eigenvalue weighted by Crippen LogP contribution is 2.34. The van der Waals surface area contributed by atoms with Gasteiger partial charge in [0.05, 0.1) is 13.2 Å². The van der Waals surface area contributed by atoms with Crippen molar-refractivity contribution < 1.29 is 13.9 Å².